The molecule has 4 nitrogen and oxygen atoms in total. The van der Waals surface area contributed by atoms with Crippen LogP contribution in [0.5, 0.6) is 5.75 Å². The first-order valence-electron chi connectivity index (χ1n) is 9.01. The van der Waals surface area contributed by atoms with Crippen molar-refractivity contribution in [3.8, 4) is 5.75 Å². The summed E-state index contributed by atoms with van der Waals surface area (Å²) in [7, 11) is 2.38. The summed E-state index contributed by atoms with van der Waals surface area (Å²) in [6, 6.07) is 6.58. The van der Waals surface area contributed by atoms with Crippen LogP contribution in [0.2, 0.25) is 0 Å². The smallest absolute Gasteiger partial charge is 0.131 e. The van der Waals surface area contributed by atoms with Gasteiger partial charge in [0.1, 0.15) is 18.3 Å². The van der Waals surface area contributed by atoms with Crippen LogP contribution in [0.4, 0.5) is 0 Å². The molecule has 0 radical (unpaired) electrons. The fourth-order valence-corrected chi connectivity index (χ4v) is 6.05. The molecule has 24 heavy (non-hydrogen) atoms. The topological polar surface area (TPSA) is 56.2 Å². The van der Waals surface area contributed by atoms with Gasteiger partial charge in [-0.3, -0.25) is 0 Å². The number of aliphatic hydroxyl groups is 1. The van der Waals surface area contributed by atoms with Gasteiger partial charge in [0.2, 0.25) is 0 Å². The number of benzene rings is 1. The van der Waals surface area contributed by atoms with Gasteiger partial charge in [-0.25, -0.2) is 0 Å². The summed E-state index contributed by atoms with van der Waals surface area (Å²) in [5.41, 5.74) is 5.39. The first kappa shape index (κ1) is 14.6. The van der Waals surface area contributed by atoms with Crippen molar-refractivity contribution < 1.29 is 14.7 Å². The second kappa shape index (κ2) is 4.64. The number of quaternary nitrogens is 1. The zero-order chi connectivity index (χ0) is 16.6. The lowest BCUT2D eigenvalue weighted by Crippen LogP contribution is -2.70. The summed E-state index contributed by atoms with van der Waals surface area (Å²) >= 11 is 0. The molecule has 5 heterocycles. The molecule has 0 aliphatic carbocycles. The van der Waals surface area contributed by atoms with E-state index in [4.69, 9.17) is 0 Å². The van der Waals surface area contributed by atoms with Crippen molar-refractivity contribution in [3.05, 3.63) is 41.1 Å². The monoisotopic (exact) mass is 325 g/mol. The molecule has 5 atom stereocenters. The van der Waals surface area contributed by atoms with E-state index < -0.39 is 0 Å². The molecule has 3 saturated heterocycles. The molecule has 0 amide bonds. The largest absolute Gasteiger partial charge is 0.508 e. The maximum absolute atomic E-state index is 10.1. The third-order valence-corrected chi connectivity index (χ3v) is 7.21. The number of hydrogen-bond acceptors (Lipinski definition) is 2. The van der Waals surface area contributed by atoms with E-state index in [-0.39, 0.29) is 6.61 Å². The van der Waals surface area contributed by atoms with Crippen LogP contribution in [0.1, 0.15) is 30.6 Å². The van der Waals surface area contributed by atoms with Crippen molar-refractivity contribution in [1.29, 1.82) is 0 Å². The molecule has 4 heteroatoms. The molecular formula is C20H25N2O2+. The van der Waals surface area contributed by atoms with Gasteiger partial charge in [0.25, 0.3) is 0 Å². The Morgan fingerprint density at radius 1 is 1.38 bits per heavy atom. The number of aromatic hydroxyl groups is 1. The predicted molar refractivity (Wildman–Crippen MR) is 93.7 cm³/mol. The highest BCUT2D eigenvalue weighted by atomic mass is 16.3. The van der Waals surface area contributed by atoms with Gasteiger partial charge in [-0.1, -0.05) is 6.08 Å². The lowest BCUT2D eigenvalue weighted by Gasteiger charge is -2.62. The number of nitrogens with one attached hydrogen (secondary N) is 1. The summed E-state index contributed by atoms with van der Waals surface area (Å²) in [6.07, 6.45) is 4.39. The number of aromatic nitrogens is 1. The number of nitrogens with zero attached hydrogens (tertiary/aromatic N) is 1. The third-order valence-electron chi connectivity index (χ3n) is 7.21. The number of likely N-dealkylation sites (N-methyl/N-ethyl adjacent to an activating group) is 1. The zero-order valence-electron chi connectivity index (χ0n) is 14.3. The van der Waals surface area contributed by atoms with Crippen molar-refractivity contribution in [1.82, 2.24) is 4.98 Å². The van der Waals surface area contributed by atoms with E-state index in [0.717, 1.165) is 34.8 Å². The minimum atomic E-state index is 0.274. The number of rotatable bonds is 1. The van der Waals surface area contributed by atoms with E-state index in [0.29, 0.717) is 29.7 Å². The van der Waals surface area contributed by atoms with E-state index in [1.54, 1.807) is 6.07 Å². The van der Waals surface area contributed by atoms with Gasteiger partial charge in [-0.05, 0) is 36.3 Å². The zero-order valence-corrected chi connectivity index (χ0v) is 14.3. The lowest BCUT2D eigenvalue weighted by molar-refractivity contribution is -0.978. The molecule has 126 valence electrons. The molecule has 4 aliphatic heterocycles. The van der Waals surface area contributed by atoms with E-state index in [9.17, 15) is 10.2 Å². The van der Waals surface area contributed by atoms with Crippen LogP contribution in [0.3, 0.4) is 0 Å². The SMILES string of the molecule is C/C=C1/C[N+]2(C)[C@@H]3Cc4c([nH]c5ccc(O)cc45)[C@@H]2C[C@@H]1[C@@H]3CO. The standard InChI is InChI=1S/C20H24N2O2/c1-3-11-9-22(2)18-8-15-14-6-12(24)4-5-17(14)21-20(15)19(22)7-13(11)16(18)10-23/h3-6,13,16,18-19,21,23H,7-10H2,1-2H3/p+1/b11-3-/t13-,16-,18+,19-,22?/m0/s1. The molecule has 2 aromatic rings. The summed E-state index contributed by atoms with van der Waals surface area (Å²) in [5.74, 6) is 1.20. The van der Waals surface area contributed by atoms with E-state index >= 15 is 0 Å². The first-order valence-corrected chi connectivity index (χ1v) is 9.01. The lowest BCUT2D eigenvalue weighted by atomic mass is 9.62. The van der Waals surface area contributed by atoms with E-state index in [1.165, 1.54) is 16.8 Å². The number of aliphatic hydroxyl groups excluding tert-OH is 1. The Morgan fingerprint density at radius 3 is 2.96 bits per heavy atom. The third kappa shape index (κ3) is 1.60. The Bertz CT molecular complexity index is 868. The highest BCUT2D eigenvalue weighted by Gasteiger charge is 2.61. The molecule has 3 N–H and O–H groups in total. The van der Waals surface area contributed by atoms with Crippen molar-refractivity contribution in [2.45, 2.75) is 31.8 Å². The number of phenols is 1. The fraction of sp³-hybridized carbons (Fsp3) is 0.500. The molecule has 0 saturated carbocycles. The summed E-state index contributed by atoms with van der Waals surface area (Å²) in [5, 5.41) is 21.2. The number of piperidine rings is 3. The number of H-pyrrole nitrogens is 1. The number of allylic oxidation sites excluding steroid dienone is 1. The van der Waals surface area contributed by atoms with Crippen LogP contribution in [0, 0.1) is 11.8 Å². The normalized spacial score (nSPS) is 38.7. The Labute approximate surface area is 142 Å². The number of aromatic amines is 1. The van der Waals surface area contributed by atoms with Gasteiger partial charge in [0, 0.05) is 35.6 Å². The van der Waals surface area contributed by atoms with E-state index in [1.807, 2.05) is 12.1 Å². The van der Waals surface area contributed by atoms with Crippen molar-refractivity contribution in [2.75, 3.05) is 20.2 Å². The summed E-state index contributed by atoms with van der Waals surface area (Å²) in [6.45, 7) is 3.52. The molecule has 1 aromatic carbocycles. The average Bonchev–Trinajstić information content (AvgIpc) is 2.91. The number of fused-ring (bicyclic) bond motifs is 4. The number of phenolic OH excluding ortho intramolecular Hbond substituents is 1. The van der Waals surface area contributed by atoms with Gasteiger partial charge in [-0.2, -0.15) is 0 Å². The summed E-state index contributed by atoms with van der Waals surface area (Å²) in [4.78, 5) is 3.67. The molecular weight excluding hydrogens is 300 g/mol. The molecule has 4 bridgehead atoms. The Kier molecular flexibility index (Phi) is 2.82. The molecule has 3 fully saturated rings. The maximum Gasteiger partial charge on any atom is 0.131 e. The van der Waals surface area contributed by atoms with Crippen LogP contribution in [0.25, 0.3) is 10.9 Å². The van der Waals surface area contributed by atoms with Crippen LogP contribution in [-0.4, -0.2) is 45.9 Å². The fourth-order valence-electron chi connectivity index (χ4n) is 6.05. The van der Waals surface area contributed by atoms with Crippen LogP contribution in [0.15, 0.2) is 29.8 Å². The molecule has 1 aromatic heterocycles. The second-order valence-electron chi connectivity index (χ2n) is 8.09. The van der Waals surface area contributed by atoms with Gasteiger partial charge in [0.05, 0.1) is 25.4 Å². The molecule has 6 rings (SSSR count). The van der Waals surface area contributed by atoms with Crippen LogP contribution < -0.4 is 0 Å². The predicted octanol–water partition coefficient (Wildman–Crippen LogP) is 2.87. The van der Waals surface area contributed by atoms with E-state index in [2.05, 4.69) is 25.0 Å². The Morgan fingerprint density at radius 2 is 2.21 bits per heavy atom. The van der Waals surface area contributed by atoms with Crippen LogP contribution >= 0.6 is 0 Å². The van der Waals surface area contributed by atoms with Gasteiger partial charge in [0.15, 0.2) is 0 Å². The van der Waals surface area contributed by atoms with Gasteiger partial charge >= 0.3 is 0 Å². The quantitative estimate of drug-likeness (QED) is 0.558. The van der Waals surface area contributed by atoms with Crippen molar-refractivity contribution in [2.24, 2.45) is 11.8 Å². The van der Waals surface area contributed by atoms with Gasteiger partial charge in [-0.15, -0.1) is 0 Å². The first-order chi connectivity index (χ1) is 11.6. The second-order valence-corrected chi connectivity index (χ2v) is 8.09. The Balaban J connectivity index is 1.73. The minimum absolute atomic E-state index is 0.274. The number of hydrogen-bond donors (Lipinski definition) is 3. The van der Waals surface area contributed by atoms with Crippen LogP contribution in [-0.2, 0) is 6.42 Å². The Hall–Kier alpha value is -1.78. The molecule has 4 aliphatic rings. The maximum atomic E-state index is 10.1. The minimum Gasteiger partial charge on any atom is -0.508 e. The highest BCUT2D eigenvalue weighted by Crippen LogP contribution is 2.57. The van der Waals surface area contributed by atoms with Crippen molar-refractivity contribution >= 4 is 10.9 Å². The van der Waals surface area contributed by atoms with Crippen molar-refractivity contribution in [3.63, 3.8) is 0 Å². The molecule has 0 spiro atoms. The van der Waals surface area contributed by atoms with Gasteiger partial charge < -0.3 is 19.7 Å². The summed E-state index contributed by atoms with van der Waals surface area (Å²) < 4.78 is 1.02. The highest BCUT2D eigenvalue weighted by molar-refractivity contribution is 5.86. The average molecular weight is 325 g/mol. The molecule has 1 unspecified atom stereocenters.